The van der Waals surface area contributed by atoms with E-state index in [9.17, 15) is 8.42 Å². The van der Waals surface area contributed by atoms with Crippen LogP contribution >= 0.6 is 0 Å². The molecule has 1 aromatic carbocycles. The first-order valence-corrected chi connectivity index (χ1v) is 5.71. The second kappa shape index (κ2) is 4.04. The fraction of sp³-hybridized carbons (Fsp3) is 0.200. The summed E-state index contributed by atoms with van der Waals surface area (Å²) in [6.45, 7) is 2.11. The Kier molecular flexibility index (Phi) is 2.75. The molecule has 0 aliphatic heterocycles. The van der Waals surface area contributed by atoms with Crippen LogP contribution in [0, 0.1) is 6.92 Å². The van der Waals surface area contributed by atoms with E-state index in [1.807, 2.05) is 31.2 Å². The van der Waals surface area contributed by atoms with E-state index in [0.717, 1.165) is 22.3 Å². The lowest BCUT2D eigenvalue weighted by Gasteiger charge is -1.96. The monoisotopic (exact) mass is 225 g/mol. The molecule has 0 saturated heterocycles. The van der Waals surface area contributed by atoms with Gasteiger partial charge in [-0.05, 0) is 13.0 Å². The predicted molar refractivity (Wildman–Crippen MR) is 58.1 cm³/mol. The molecule has 0 amide bonds. The van der Waals surface area contributed by atoms with Crippen molar-refractivity contribution in [3.63, 3.8) is 0 Å². The summed E-state index contributed by atoms with van der Waals surface area (Å²) in [6.07, 6.45) is 0. The Balaban J connectivity index is 2.44. The first-order chi connectivity index (χ1) is 7.18. The van der Waals surface area contributed by atoms with Gasteiger partial charge in [0, 0.05) is 17.5 Å². The van der Waals surface area contributed by atoms with Crippen LogP contribution < -0.4 is 4.72 Å². The van der Waals surface area contributed by atoms with Crippen molar-refractivity contribution < 1.29 is 12.8 Å². The first-order valence-electron chi connectivity index (χ1n) is 4.53. The smallest absolute Gasteiger partial charge is 0.201 e. The van der Waals surface area contributed by atoms with Gasteiger partial charge in [0.2, 0.25) is 10.9 Å². The van der Waals surface area contributed by atoms with Crippen molar-refractivity contribution in [3.8, 4) is 0 Å². The maximum atomic E-state index is 10.4. The lowest BCUT2D eigenvalue weighted by Crippen LogP contribution is -2.10. The Labute approximate surface area is 89.0 Å². The van der Waals surface area contributed by atoms with Crippen LogP contribution in [0.4, 0.5) is 0 Å². The molecule has 1 N–H and O–H groups in total. The molecule has 1 aromatic heterocycles. The second-order valence-electron chi connectivity index (χ2n) is 3.22. The Morgan fingerprint density at radius 3 is 2.80 bits per heavy atom. The topological polar surface area (TPSA) is 59.3 Å². The molecule has 2 aromatic rings. The Bertz CT molecular complexity index is 549. The van der Waals surface area contributed by atoms with E-state index >= 15 is 0 Å². The van der Waals surface area contributed by atoms with Crippen molar-refractivity contribution in [2.75, 3.05) is 0 Å². The highest BCUT2D eigenvalue weighted by atomic mass is 32.2. The Morgan fingerprint density at radius 1 is 1.33 bits per heavy atom. The maximum Gasteiger partial charge on any atom is 0.201 e. The Morgan fingerprint density at radius 2 is 2.07 bits per heavy atom. The van der Waals surface area contributed by atoms with Gasteiger partial charge in [0.05, 0.1) is 0 Å². The van der Waals surface area contributed by atoms with Crippen molar-refractivity contribution in [2.24, 2.45) is 0 Å². The zero-order chi connectivity index (χ0) is 10.8. The number of nitrogens with one attached hydrogen (secondary N) is 1. The maximum absolute atomic E-state index is 10.4. The number of fused-ring (bicyclic) bond motifs is 1. The number of aryl methyl sites for hydroxylation is 1. The molecule has 0 unspecified atom stereocenters. The molecule has 0 radical (unpaired) electrons. The summed E-state index contributed by atoms with van der Waals surface area (Å²) in [5, 5.41) is 0.958. The largest absolute Gasteiger partial charge is 0.461 e. The van der Waals surface area contributed by atoms with E-state index in [4.69, 9.17) is 4.42 Å². The average Bonchev–Trinajstić information content (AvgIpc) is 2.50. The second-order valence-corrected chi connectivity index (χ2v) is 4.06. The quantitative estimate of drug-likeness (QED) is 0.775. The van der Waals surface area contributed by atoms with E-state index in [1.54, 1.807) is 0 Å². The van der Waals surface area contributed by atoms with Gasteiger partial charge in [-0.25, -0.2) is 13.1 Å². The van der Waals surface area contributed by atoms with Crippen molar-refractivity contribution >= 4 is 21.9 Å². The highest BCUT2D eigenvalue weighted by Gasteiger charge is 2.09. The normalized spacial score (nSPS) is 11.3. The van der Waals surface area contributed by atoms with Crippen LogP contribution in [-0.2, 0) is 17.4 Å². The van der Waals surface area contributed by atoms with Crippen molar-refractivity contribution in [1.29, 1.82) is 0 Å². The zero-order valence-electron chi connectivity index (χ0n) is 8.19. The molecule has 0 bridgehead atoms. The molecular weight excluding hydrogens is 214 g/mol. The summed E-state index contributed by atoms with van der Waals surface area (Å²) in [4.78, 5) is 0. The zero-order valence-corrected chi connectivity index (χ0v) is 9.08. The predicted octanol–water partition coefficient (Wildman–Crippen LogP) is 1.36. The molecule has 5 heteroatoms. The molecular formula is C10H11NO3S. The summed E-state index contributed by atoms with van der Waals surface area (Å²) in [6, 6.07) is 7.57. The first kappa shape index (κ1) is 10.2. The van der Waals surface area contributed by atoms with Crippen LogP contribution in [0.25, 0.3) is 11.0 Å². The molecule has 0 atom stereocenters. The van der Waals surface area contributed by atoms with Crippen LogP contribution in [-0.4, -0.2) is 8.42 Å². The minimum Gasteiger partial charge on any atom is -0.461 e. The van der Waals surface area contributed by atoms with E-state index in [1.165, 1.54) is 0 Å². The molecule has 80 valence electrons. The van der Waals surface area contributed by atoms with E-state index in [2.05, 4.69) is 4.72 Å². The molecule has 2 rings (SSSR count). The van der Waals surface area contributed by atoms with Gasteiger partial charge in [-0.3, -0.25) is 0 Å². The fourth-order valence-corrected chi connectivity index (χ4v) is 1.87. The van der Waals surface area contributed by atoms with E-state index in [0.29, 0.717) is 0 Å². The molecule has 15 heavy (non-hydrogen) atoms. The van der Waals surface area contributed by atoms with E-state index in [-0.39, 0.29) is 6.54 Å². The van der Waals surface area contributed by atoms with Gasteiger partial charge in [0.1, 0.15) is 11.3 Å². The number of para-hydroxylation sites is 1. The van der Waals surface area contributed by atoms with Crippen molar-refractivity contribution in [3.05, 3.63) is 35.6 Å². The average molecular weight is 225 g/mol. The summed E-state index contributed by atoms with van der Waals surface area (Å²) in [7, 11) is -2.56. The molecule has 0 aliphatic carbocycles. The van der Waals surface area contributed by atoms with Crippen LogP contribution in [0.5, 0.6) is 0 Å². The number of furan rings is 1. The van der Waals surface area contributed by atoms with Gasteiger partial charge in [0.15, 0.2) is 0 Å². The van der Waals surface area contributed by atoms with Crippen molar-refractivity contribution in [1.82, 2.24) is 4.72 Å². The number of hydrogen-bond acceptors (Lipinski definition) is 3. The Hall–Kier alpha value is -1.33. The summed E-state index contributed by atoms with van der Waals surface area (Å²) < 4.78 is 28.7. The number of thiol groups is 1. The van der Waals surface area contributed by atoms with Crippen molar-refractivity contribution in [2.45, 2.75) is 13.5 Å². The van der Waals surface area contributed by atoms with Crippen LogP contribution in [0.2, 0.25) is 0 Å². The van der Waals surface area contributed by atoms with Gasteiger partial charge in [-0.2, -0.15) is 0 Å². The van der Waals surface area contributed by atoms with Crippen LogP contribution in [0.15, 0.2) is 28.7 Å². The molecule has 0 saturated carbocycles. The summed E-state index contributed by atoms with van der Waals surface area (Å²) in [5.74, 6) is 0.751. The molecule has 4 nitrogen and oxygen atoms in total. The summed E-state index contributed by atoms with van der Waals surface area (Å²) >= 11 is 0. The molecule has 0 aliphatic rings. The number of hydrogen-bond donors (Lipinski definition) is 2. The van der Waals surface area contributed by atoms with Gasteiger partial charge < -0.3 is 4.42 Å². The van der Waals surface area contributed by atoms with Gasteiger partial charge >= 0.3 is 0 Å². The third-order valence-corrected chi connectivity index (χ3v) is 2.70. The highest BCUT2D eigenvalue weighted by molar-refractivity contribution is 7.70. The third-order valence-electron chi connectivity index (χ3n) is 2.29. The van der Waals surface area contributed by atoms with Crippen LogP contribution in [0.3, 0.4) is 0 Å². The standard InChI is InChI=1S/C10H11NO3S/c1-7-9(6-11-15(12)13)8-4-2-3-5-10(8)14-7/h2-5,15H,6H2,1H3,(H,11,12,13). The minimum absolute atomic E-state index is 0.279. The van der Waals surface area contributed by atoms with Gasteiger partial charge in [0.25, 0.3) is 0 Å². The SMILES string of the molecule is Cc1oc2ccccc2c1CN[SH](=O)=O. The van der Waals surface area contributed by atoms with Crippen LogP contribution in [0.1, 0.15) is 11.3 Å². The van der Waals surface area contributed by atoms with Gasteiger partial charge in [-0.15, -0.1) is 0 Å². The summed E-state index contributed by atoms with van der Waals surface area (Å²) in [5.41, 5.74) is 1.68. The fourth-order valence-electron chi connectivity index (χ4n) is 1.58. The number of benzene rings is 1. The third kappa shape index (κ3) is 2.03. The minimum atomic E-state index is -2.56. The lowest BCUT2D eigenvalue weighted by atomic mass is 10.1. The molecule has 0 fully saturated rings. The lowest BCUT2D eigenvalue weighted by molar-refractivity contribution is 0.569. The van der Waals surface area contributed by atoms with Gasteiger partial charge in [-0.1, -0.05) is 18.2 Å². The molecule has 0 spiro atoms. The van der Waals surface area contributed by atoms with E-state index < -0.39 is 10.9 Å². The highest BCUT2D eigenvalue weighted by Crippen LogP contribution is 2.24. The number of rotatable bonds is 3. The molecule has 1 heterocycles.